The maximum absolute atomic E-state index is 10.3. The molecule has 0 atom stereocenters. The molecular weight excluding hydrogens is 208 g/mol. The van der Waals surface area contributed by atoms with Gasteiger partial charge in [-0.3, -0.25) is 4.79 Å². The normalized spacial score (nSPS) is 9.07. The van der Waals surface area contributed by atoms with Crippen molar-refractivity contribution in [2.75, 3.05) is 0 Å². The van der Waals surface area contributed by atoms with Crippen LogP contribution in [-0.2, 0) is 0 Å². The van der Waals surface area contributed by atoms with Crippen LogP contribution in [0.4, 0.5) is 0 Å². The molecule has 0 aliphatic rings. The highest BCUT2D eigenvalue weighted by molar-refractivity contribution is 6.54. The second-order valence-electron chi connectivity index (χ2n) is 3.78. The van der Waals surface area contributed by atoms with Crippen LogP contribution < -0.4 is 0 Å². The molecule has 1 rings (SSSR count). The van der Waals surface area contributed by atoms with E-state index in [4.69, 9.17) is 5.11 Å². The van der Waals surface area contributed by atoms with Crippen molar-refractivity contribution in [3.63, 3.8) is 0 Å². The minimum absolute atomic E-state index is 0.139. The molecule has 15 heavy (non-hydrogen) atoms. The Morgan fingerprint density at radius 3 is 1.87 bits per heavy atom. The number of aromatic carboxylic acids is 1. The Hall–Kier alpha value is -1.42. The van der Waals surface area contributed by atoms with Gasteiger partial charge in [0.15, 0.2) is 0 Å². The van der Waals surface area contributed by atoms with Crippen molar-refractivity contribution in [1.29, 1.82) is 0 Å². The topological polar surface area (TPSA) is 54.4 Å². The quantitative estimate of drug-likeness (QED) is 0.619. The molecule has 0 unspecified atom stereocenters. The summed E-state index contributed by atoms with van der Waals surface area (Å²) in [6.45, 7) is 6.92. The van der Waals surface area contributed by atoms with Gasteiger partial charge in [-0.25, -0.2) is 4.79 Å². The van der Waals surface area contributed by atoms with Crippen molar-refractivity contribution >= 4 is 21.1 Å². The van der Waals surface area contributed by atoms with Gasteiger partial charge in [0, 0.05) is 14.4 Å². The maximum Gasteiger partial charge on any atom is 0.335 e. The number of hydrogen-bond donors (Lipinski definition) is 1. The molecule has 0 aliphatic carbocycles. The van der Waals surface area contributed by atoms with Gasteiger partial charge in [-0.2, -0.15) is 0 Å². The fourth-order valence-electron chi connectivity index (χ4n) is 0.704. The Bertz CT molecular complexity index is 314. The molecule has 0 radical (unpaired) electrons. The van der Waals surface area contributed by atoms with E-state index < -0.39 is 5.97 Å². The molecule has 82 valence electrons. The maximum atomic E-state index is 10.3. The monoisotopic (exact) mass is 224 g/mol. The largest absolute Gasteiger partial charge is 0.478 e. The van der Waals surface area contributed by atoms with Crippen molar-refractivity contribution in [1.82, 2.24) is 0 Å². The summed E-state index contributed by atoms with van der Waals surface area (Å²) < 4.78 is 0. The second-order valence-corrected chi connectivity index (χ2v) is 7.24. The molecule has 0 heterocycles. The first-order valence-corrected chi connectivity index (χ1v) is 8.22. The predicted octanol–water partition coefficient (Wildman–Crippen LogP) is 2.30. The molecule has 1 aromatic carbocycles. The highest BCUT2D eigenvalue weighted by Gasteiger charge is 1.99. The Morgan fingerprint density at radius 2 is 1.60 bits per heavy atom. The van der Waals surface area contributed by atoms with Crippen molar-refractivity contribution in [3.05, 3.63) is 35.4 Å². The Labute approximate surface area is 91.4 Å². The Kier molecular flexibility index (Phi) is 6.29. The molecule has 1 N–H and O–H groups in total. The van der Waals surface area contributed by atoms with Crippen molar-refractivity contribution in [2.24, 2.45) is 0 Å². The Balaban J connectivity index is 0.000000423. The zero-order chi connectivity index (χ0) is 11.8. The van der Waals surface area contributed by atoms with Gasteiger partial charge in [0.25, 0.3) is 0 Å². The van der Waals surface area contributed by atoms with E-state index in [1.54, 1.807) is 0 Å². The van der Waals surface area contributed by atoms with Crippen LogP contribution in [0, 0.1) is 0 Å². The van der Waals surface area contributed by atoms with Crippen LogP contribution in [0.1, 0.15) is 20.7 Å². The SMILES string of the molecule is C[SiH](C)C.O=Cc1ccc(C(=O)O)cc1. The summed E-state index contributed by atoms with van der Waals surface area (Å²) in [6, 6.07) is 5.73. The summed E-state index contributed by atoms with van der Waals surface area (Å²) in [6.07, 6.45) is 0.672. The first kappa shape index (κ1) is 13.6. The van der Waals surface area contributed by atoms with E-state index in [-0.39, 0.29) is 14.4 Å². The molecule has 0 spiro atoms. The minimum atomic E-state index is -0.984. The number of carbonyl (C=O) groups excluding carboxylic acids is 1. The molecule has 0 saturated heterocycles. The number of hydrogen-bond acceptors (Lipinski definition) is 2. The third kappa shape index (κ3) is 6.62. The van der Waals surface area contributed by atoms with Gasteiger partial charge in [0.05, 0.1) is 5.56 Å². The lowest BCUT2D eigenvalue weighted by molar-refractivity contribution is 0.0696. The zero-order valence-corrected chi connectivity index (χ0v) is 10.4. The fourth-order valence-corrected chi connectivity index (χ4v) is 0.704. The molecule has 3 nitrogen and oxygen atoms in total. The van der Waals surface area contributed by atoms with Crippen LogP contribution in [0.25, 0.3) is 0 Å². The first-order valence-electron chi connectivity index (χ1n) is 4.76. The van der Waals surface area contributed by atoms with Gasteiger partial charge in [0.2, 0.25) is 0 Å². The second kappa shape index (κ2) is 6.95. The number of carboxylic acid groups (broad SMARTS) is 1. The van der Waals surface area contributed by atoms with E-state index in [9.17, 15) is 9.59 Å². The molecule has 1 aromatic rings. The average Bonchev–Trinajstić information content (AvgIpc) is 2.17. The first-order chi connectivity index (χ1) is 6.97. The summed E-state index contributed by atoms with van der Waals surface area (Å²) in [5.74, 6) is -0.984. The number of benzene rings is 1. The van der Waals surface area contributed by atoms with Gasteiger partial charge in [0.1, 0.15) is 6.29 Å². The highest BCUT2D eigenvalue weighted by atomic mass is 28.3. The fraction of sp³-hybridized carbons (Fsp3) is 0.273. The molecule has 0 bridgehead atoms. The average molecular weight is 224 g/mol. The van der Waals surface area contributed by atoms with E-state index in [1.807, 2.05) is 0 Å². The zero-order valence-electron chi connectivity index (χ0n) is 9.23. The van der Waals surface area contributed by atoms with Crippen LogP contribution in [0.2, 0.25) is 19.6 Å². The number of carboxylic acids is 1. The van der Waals surface area contributed by atoms with Gasteiger partial charge in [-0.05, 0) is 12.1 Å². The van der Waals surface area contributed by atoms with Crippen molar-refractivity contribution in [3.8, 4) is 0 Å². The summed E-state index contributed by atoms with van der Waals surface area (Å²) in [7, 11) is -0.139. The minimum Gasteiger partial charge on any atom is -0.478 e. The van der Waals surface area contributed by atoms with Crippen LogP contribution >= 0.6 is 0 Å². The predicted molar refractivity (Wildman–Crippen MR) is 63.5 cm³/mol. The van der Waals surface area contributed by atoms with Crippen molar-refractivity contribution in [2.45, 2.75) is 19.6 Å². The van der Waals surface area contributed by atoms with E-state index in [1.165, 1.54) is 24.3 Å². The molecular formula is C11H16O3Si. The third-order valence-corrected chi connectivity index (χ3v) is 1.29. The molecule has 0 aliphatic heterocycles. The van der Waals surface area contributed by atoms with E-state index in [0.29, 0.717) is 11.8 Å². The standard InChI is InChI=1S/C8H6O3.C3H10Si/c9-5-6-1-3-7(4-2-6)8(10)11;1-4(2)3/h1-5H,(H,10,11);4H,1-3H3. The molecule has 0 saturated carbocycles. The Morgan fingerprint density at radius 1 is 1.20 bits per heavy atom. The summed E-state index contributed by atoms with van der Waals surface area (Å²) in [4.78, 5) is 20.5. The lowest BCUT2D eigenvalue weighted by Gasteiger charge is -1.92. The molecule has 0 fully saturated rings. The summed E-state index contributed by atoms with van der Waals surface area (Å²) in [5.41, 5.74) is 0.672. The molecule has 0 aromatic heterocycles. The van der Waals surface area contributed by atoms with E-state index >= 15 is 0 Å². The molecule has 4 heteroatoms. The third-order valence-electron chi connectivity index (χ3n) is 1.29. The number of rotatable bonds is 2. The van der Waals surface area contributed by atoms with Crippen molar-refractivity contribution < 1.29 is 14.7 Å². The summed E-state index contributed by atoms with van der Waals surface area (Å²) >= 11 is 0. The van der Waals surface area contributed by atoms with Crippen LogP contribution in [0.15, 0.2) is 24.3 Å². The van der Waals surface area contributed by atoms with E-state index in [2.05, 4.69) is 19.6 Å². The number of aldehydes is 1. The lowest BCUT2D eigenvalue weighted by Crippen LogP contribution is -1.95. The van der Waals surface area contributed by atoms with Crippen LogP contribution in [0.3, 0.4) is 0 Å². The molecule has 0 amide bonds. The van der Waals surface area contributed by atoms with Gasteiger partial charge >= 0.3 is 5.97 Å². The smallest absolute Gasteiger partial charge is 0.335 e. The van der Waals surface area contributed by atoms with Gasteiger partial charge < -0.3 is 5.11 Å². The lowest BCUT2D eigenvalue weighted by atomic mass is 10.1. The number of carbonyl (C=O) groups is 2. The van der Waals surface area contributed by atoms with Crippen LogP contribution in [0.5, 0.6) is 0 Å². The van der Waals surface area contributed by atoms with E-state index in [0.717, 1.165) is 0 Å². The van der Waals surface area contributed by atoms with Gasteiger partial charge in [-0.1, -0.05) is 31.8 Å². The summed E-state index contributed by atoms with van der Waals surface area (Å²) in [5, 5.41) is 8.46. The van der Waals surface area contributed by atoms with Gasteiger partial charge in [-0.15, -0.1) is 0 Å². The highest BCUT2D eigenvalue weighted by Crippen LogP contribution is 2.01. The van der Waals surface area contributed by atoms with Crippen LogP contribution in [-0.4, -0.2) is 26.2 Å².